The summed E-state index contributed by atoms with van der Waals surface area (Å²) in [6.07, 6.45) is 3.78. The first-order valence-corrected chi connectivity index (χ1v) is 5.63. The third-order valence-corrected chi connectivity index (χ3v) is 2.99. The zero-order chi connectivity index (χ0) is 12.4. The van der Waals surface area contributed by atoms with E-state index in [9.17, 15) is 0 Å². The number of hydrogen-bond donors (Lipinski definition) is 0. The van der Waals surface area contributed by atoms with Gasteiger partial charge in [0.15, 0.2) is 0 Å². The highest BCUT2D eigenvalue weighted by Gasteiger charge is 2.08. The lowest BCUT2D eigenvalue weighted by atomic mass is 9.97. The molecule has 2 heteroatoms. The van der Waals surface area contributed by atoms with E-state index in [4.69, 9.17) is 0 Å². The van der Waals surface area contributed by atoms with Gasteiger partial charge in [-0.15, -0.1) is 0 Å². The van der Waals surface area contributed by atoms with E-state index in [0.29, 0.717) is 0 Å². The number of aromatic nitrogens is 1. The van der Waals surface area contributed by atoms with Crippen LogP contribution in [0.5, 0.6) is 0 Å². The molecule has 0 aliphatic carbocycles. The monoisotopic (exact) mass is 224 g/mol. The van der Waals surface area contributed by atoms with Crippen LogP contribution in [0.25, 0.3) is 16.8 Å². The molecule has 0 N–H and O–H groups in total. The number of aryl methyl sites for hydroxylation is 1. The van der Waals surface area contributed by atoms with Crippen LogP contribution in [-0.2, 0) is 0 Å². The van der Waals surface area contributed by atoms with Gasteiger partial charge in [0.05, 0.1) is 0 Å². The van der Waals surface area contributed by atoms with Crippen molar-refractivity contribution in [2.24, 2.45) is 4.99 Å². The van der Waals surface area contributed by atoms with Crippen LogP contribution in [0.15, 0.2) is 36.0 Å². The molecule has 0 aliphatic heterocycles. The minimum atomic E-state index is 1.01. The van der Waals surface area contributed by atoms with Crippen LogP contribution in [0, 0.1) is 6.92 Å². The lowest BCUT2D eigenvalue weighted by Crippen LogP contribution is -2.00. The molecule has 2 nitrogen and oxygen atoms in total. The highest BCUT2D eigenvalue weighted by Crippen LogP contribution is 2.24. The number of aliphatic imine (C=N–C) groups is 1. The van der Waals surface area contributed by atoms with Gasteiger partial charge in [0.1, 0.15) is 0 Å². The first-order chi connectivity index (χ1) is 8.17. The van der Waals surface area contributed by atoms with Gasteiger partial charge in [0.25, 0.3) is 0 Å². The second-order valence-corrected chi connectivity index (χ2v) is 4.09. The highest BCUT2D eigenvalue weighted by atomic mass is 14.7. The highest BCUT2D eigenvalue weighted by molar-refractivity contribution is 6.12. The van der Waals surface area contributed by atoms with E-state index in [1.807, 2.05) is 33.2 Å². The number of pyridine rings is 1. The smallest absolute Gasteiger partial charge is 0.0398 e. The Hall–Kier alpha value is -1.96. The van der Waals surface area contributed by atoms with E-state index in [-0.39, 0.29) is 0 Å². The van der Waals surface area contributed by atoms with Gasteiger partial charge in [0.2, 0.25) is 0 Å². The SMILES string of the molecule is C=Cc1ccc2cc(C)ncc2c1C(C)=NC. The molecule has 1 aromatic carbocycles. The zero-order valence-corrected chi connectivity index (χ0v) is 10.5. The molecule has 0 saturated carbocycles. The van der Waals surface area contributed by atoms with Crippen LogP contribution in [0.4, 0.5) is 0 Å². The van der Waals surface area contributed by atoms with Gasteiger partial charge in [-0.1, -0.05) is 24.8 Å². The van der Waals surface area contributed by atoms with Crippen molar-refractivity contribution in [2.45, 2.75) is 13.8 Å². The van der Waals surface area contributed by atoms with Crippen LogP contribution < -0.4 is 0 Å². The number of rotatable bonds is 2. The van der Waals surface area contributed by atoms with E-state index >= 15 is 0 Å². The van der Waals surface area contributed by atoms with Crippen molar-refractivity contribution in [1.29, 1.82) is 0 Å². The Morgan fingerprint density at radius 2 is 2.18 bits per heavy atom. The first kappa shape index (κ1) is 11.5. The van der Waals surface area contributed by atoms with Crippen LogP contribution in [0.2, 0.25) is 0 Å². The molecule has 0 aliphatic rings. The summed E-state index contributed by atoms with van der Waals surface area (Å²) in [5.74, 6) is 0. The number of hydrogen-bond acceptors (Lipinski definition) is 2. The minimum absolute atomic E-state index is 1.01. The summed E-state index contributed by atoms with van der Waals surface area (Å²) in [7, 11) is 1.81. The van der Waals surface area contributed by atoms with Crippen molar-refractivity contribution >= 4 is 22.6 Å². The summed E-state index contributed by atoms with van der Waals surface area (Å²) < 4.78 is 0. The van der Waals surface area contributed by atoms with Crippen LogP contribution in [-0.4, -0.2) is 17.7 Å². The molecule has 17 heavy (non-hydrogen) atoms. The molecule has 86 valence electrons. The normalized spacial score (nSPS) is 11.8. The minimum Gasteiger partial charge on any atom is -0.293 e. The Balaban J connectivity index is 2.88. The Labute approximate surface area is 102 Å². The Morgan fingerprint density at radius 3 is 2.82 bits per heavy atom. The van der Waals surface area contributed by atoms with Gasteiger partial charge in [-0.3, -0.25) is 9.98 Å². The molecule has 0 bridgehead atoms. The zero-order valence-electron chi connectivity index (χ0n) is 10.5. The van der Waals surface area contributed by atoms with Gasteiger partial charge in [0, 0.05) is 35.6 Å². The summed E-state index contributed by atoms with van der Waals surface area (Å²) in [5.41, 5.74) is 4.27. The fourth-order valence-corrected chi connectivity index (χ4v) is 2.03. The fourth-order valence-electron chi connectivity index (χ4n) is 2.03. The van der Waals surface area contributed by atoms with Crippen LogP contribution in [0.1, 0.15) is 23.7 Å². The van der Waals surface area contributed by atoms with Gasteiger partial charge in [-0.2, -0.15) is 0 Å². The third-order valence-electron chi connectivity index (χ3n) is 2.99. The van der Waals surface area contributed by atoms with Crippen molar-refractivity contribution in [3.63, 3.8) is 0 Å². The Morgan fingerprint density at radius 1 is 1.41 bits per heavy atom. The lowest BCUT2D eigenvalue weighted by molar-refractivity contribution is 1.22. The molecule has 0 saturated heterocycles. The van der Waals surface area contributed by atoms with Crippen LogP contribution >= 0.6 is 0 Å². The average molecular weight is 224 g/mol. The van der Waals surface area contributed by atoms with E-state index in [0.717, 1.165) is 27.9 Å². The standard InChI is InChI=1S/C15H16N2/c1-5-12-6-7-13-8-10(2)17-9-14(13)15(12)11(3)16-4/h5-9H,1H2,2-4H3. The molecule has 0 fully saturated rings. The van der Waals surface area contributed by atoms with E-state index < -0.39 is 0 Å². The summed E-state index contributed by atoms with van der Waals surface area (Å²) in [5, 5.41) is 2.33. The molecule has 1 aromatic heterocycles. The third kappa shape index (κ3) is 1.98. The second-order valence-electron chi connectivity index (χ2n) is 4.09. The fraction of sp³-hybridized carbons (Fsp3) is 0.200. The molecule has 0 radical (unpaired) electrons. The second kappa shape index (κ2) is 4.50. The van der Waals surface area contributed by atoms with Crippen LogP contribution in [0.3, 0.4) is 0 Å². The Bertz CT molecular complexity index is 610. The summed E-state index contributed by atoms with van der Waals surface area (Å²) >= 11 is 0. The van der Waals surface area contributed by atoms with Crippen molar-refractivity contribution < 1.29 is 0 Å². The van der Waals surface area contributed by atoms with Gasteiger partial charge in [-0.05, 0) is 30.9 Å². The maximum atomic E-state index is 4.37. The van der Waals surface area contributed by atoms with Gasteiger partial charge >= 0.3 is 0 Å². The number of nitrogens with zero attached hydrogens (tertiary/aromatic N) is 2. The topological polar surface area (TPSA) is 25.2 Å². The molecule has 2 aromatic rings. The molecular formula is C15H16N2. The molecule has 0 unspecified atom stereocenters. The van der Waals surface area contributed by atoms with Crippen molar-refractivity contribution in [1.82, 2.24) is 4.98 Å². The number of benzene rings is 1. The number of fused-ring (bicyclic) bond motifs is 1. The maximum Gasteiger partial charge on any atom is 0.0398 e. The average Bonchev–Trinajstić information content (AvgIpc) is 2.36. The molecule has 0 amide bonds. The molecule has 2 rings (SSSR count). The first-order valence-electron chi connectivity index (χ1n) is 5.63. The quantitative estimate of drug-likeness (QED) is 0.715. The van der Waals surface area contributed by atoms with Crippen molar-refractivity contribution in [3.8, 4) is 0 Å². The van der Waals surface area contributed by atoms with E-state index in [2.05, 4.69) is 34.8 Å². The molecule has 0 spiro atoms. The summed E-state index contributed by atoms with van der Waals surface area (Å²) in [6.45, 7) is 7.87. The van der Waals surface area contributed by atoms with Crippen molar-refractivity contribution in [2.75, 3.05) is 7.05 Å². The summed E-state index contributed by atoms with van der Waals surface area (Å²) in [4.78, 5) is 8.65. The predicted molar refractivity (Wildman–Crippen MR) is 74.7 cm³/mol. The van der Waals surface area contributed by atoms with Gasteiger partial charge < -0.3 is 0 Å². The van der Waals surface area contributed by atoms with E-state index in [1.165, 1.54) is 5.39 Å². The maximum absolute atomic E-state index is 4.37. The Kier molecular flexibility index (Phi) is 3.05. The van der Waals surface area contributed by atoms with Gasteiger partial charge in [-0.25, -0.2) is 0 Å². The lowest BCUT2D eigenvalue weighted by Gasteiger charge is -2.10. The van der Waals surface area contributed by atoms with E-state index in [1.54, 1.807) is 0 Å². The summed E-state index contributed by atoms with van der Waals surface area (Å²) in [6, 6.07) is 6.28. The predicted octanol–water partition coefficient (Wildman–Crippen LogP) is 3.63. The van der Waals surface area contributed by atoms with Crippen molar-refractivity contribution in [3.05, 3.63) is 47.8 Å². The molecule has 0 atom stereocenters. The largest absolute Gasteiger partial charge is 0.293 e. The molecular weight excluding hydrogens is 208 g/mol. The molecule has 1 heterocycles.